The molecule has 1 unspecified atom stereocenters. The van der Waals surface area contributed by atoms with Gasteiger partial charge >= 0.3 is 12.1 Å². The Morgan fingerprint density at radius 1 is 1.38 bits per heavy atom. The van der Waals surface area contributed by atoms with Crippen LogP contribution in [0.1, 0.15) is 68.7 Å². The van der Waals surface area contributed by atoms with Gasteiger partial charge in [0.1, 0.15) is 5.60 Å². The topological polar surface area (TPSA) is 73.7 Å². The first kappa shape index (κ1) is 20.0. The minimum atomic E-state index is -0.571. The number of nitrogens with zero attached hydrogens (tertiary/aromatic N) is 3. The monoisotopic (exact) mass is 363 g/mol. The minimum Gasteiger partial charge on any atom is -0.461 e. The second kappa shape index (κ2) is 7.93. The van der Waals surface area contributed by atoms with E-state index in [2.05, 4.69) is 11.7 Å². The van der Waals surface area contributed by atoms with Gasteiger partial charge in [0, 0.05) is 30.3 Å². The predicted molar refractivity (Wildman–Crippen MR) is 98.1 cm³/mol. The third-order valence-corrected chi connectivity index (χ3v) is 4.07. The maximum Gasteiger partial charge on any atom is 0.410 e. The number of ether oxygens (including phenoxy) is 2. The lowest BCUT2D eigenvalue weighted by Gasteiger charge is -2.33. The summed E-state index contributed by atoms with van der Waals surface area (Å²) in [5, 5.41) is 4.48. The van der Waals surface area contributed by atoms with Crippen LogP contribution in [0.5, 0.6) is 0 Å². The number of hydrogen-bond donors (Lipinski definition) is 0. The van der Waals surface area contributed by atoms with E-state index in [0.717, 1.165) is 17.7 Å². The van der Waals surface area contributed by atoms with Crippen LogP contribution in [-0.2, 0) is 22.6 Å². The van der Waals surface area contributed by atoms with Crippen molar-refractivity contribution < 1.29 is 19.1 Å². The van der Waals surface area contributed by atoms with Gasteiger partial charge in [0.05, 0.1) is 13.2 Å². The lowest BCUT2D eigenvalue weighted by molar-refractivity contribution is 0.0203. The molecular weight excluding hydrogens is 334 g/mol. The summed E-state index contributed by atoms with van der Waals surface area (Å²) in [6.45, 7) is 14.8. The highest BCUT2D eigenvalue weighted by molar-refractivity contribution is 5.89. The molecule has 1 amide bonds. The van der Waals surface area contributed by atoms with Gasteiger partial charge in [0.25, 0.3) is 0 Å². The number of carbonyl (C=O) groups excluding carboxylic acids is 2. The van der Waals surface area contributed by atoms with Crippen LogP contribution >= 0.6 is 0 Å². The van der Waals surface area contributed by atoms with Crippen LogP contribution in [-0.4, -0.2) is 45.5 Å². The molecule has 0 saturated heterocycles. The number of esters is 1. The third-order valence-electron chi connectivity index (χ3n) is 4.07. The second-order valence-corrected chi connectivity index (χ2v) is 7.50. The summed E-state index contributed by atoms with van der Waals surface area (Å²) in [6.07, 6.45) is 2.18. The van der Waals surface area contributed by atoms with Gasteiger partial charge in [-0.3, -0.25) is 4.68 Å². The van der Waals surface area contributed by atoms with Crippen LogP contribution < -0.4 is 0 Å². The van der Waals surface area contributed by atoms with Crippen LogP contribution in [0.15, 0.2) is 12.7 Å². The number of carbonyl (C=O) groups is 2. The van der Waals surface area contributed by atoms with Crippen LogP contribution in [0, 0.1) is 0 Å². The molecule has 0 radical (unpaired) electrons. The fraction of sp³-hybridized carbons (Fsp3) is 0.632. The van der Waals surface area contributed by atoms with Gasteiger partial charge in [-0.05, 0) is 34.1 Å². The van der Waals surface area contributed by atoms with Crippen molar-refractivity contribution in [3.63, 3.8) is 0 Å². The van der Waals surface area contributed by atoms with Crippen molar-refractivity contribution in [1.82, 2.24) is 14.7 Å². The molecule has 1 atom stereocenters. The molecule has 0 spiro atoms. The summed E-state index contributed by atoms with van der Waals surface area (Å²) < 4.78 is 12.5. The molecule has 0 bridgehead atoms. The smallest absolute Gasteiger partial charge is 0.410 e. The number of allylic oxidation sites excluding steroid dienone is 1. The second-order valence-electron chi connectivity index (χ2n) is 7.50. The fourth-order valence-corrected chi connectivity index (χ4v) is 3.11. The Hall–Kier alpha value is -2.31. The first-order chi connectivity index (χ1) is 12.2. The lowest BCUT2D eigenvalue weighted by Crippen LogP contribution is -2.41. The molecule has 1 aromatic rings. The third kappa shape index (κ3) is 4.45. The van der Waals surface area contributed by atoms with Crippen molar-refractivity contribution >= 4 is 12.1 Å². The van der Waals surface area contributed by atoms with Crippen molar-refractivity contribution in [1.29, 1.82) is 0 Å². The molecule has 26 heavy (non-hydrogen) atoms. The predicted octanol–water partition coefficient (Wildman–Crippen LogP) is 3.49. The molecule has 1 aliphatic heterocycles. The standard InChI is InChI=1S/C19H29N3O4/c1-7-9-10-22-16-13(3)11-21(18(24)26-19(4,5)6)12-14(16)15(20-22)17(23)25-8-2/h7,13H,1,8-12H2,2-6H3. The average Bonchev–Trinajstić information content (AvgIpc) is 2.90. The fourth-order valence-electron chi connectivity index (χ4n) is 3.11. The molecule has 1 aromatic heterocycles. The zero-order chi connectivity index (χ0) is 19.5. The summed E-state index contributed by atoms with van der Waals surface area (Å²) in [6, 6.07) is 0. The molecule has 144 valence electrons. The van der Waals surface area contributed by atoms with Gasteiger partial charge in [-0.2, -0.15) is 5.10 Å². The van der Waals surface area contributed by atoms with Crippen LogP contribution in [0.25, 0.3) is 0 Å². The quantitative estimate of drug-likeness (QED) is 0.591. The Labute approximate surface area is 154 Å². The molecule has 0 saturated carbocycles. The first-order valence-electron chi connectivity index (χ1n) is 9.03. The van der Waals surface area contributed by atoms with E-state index in [0.29, 0.717) is 13.1 Å². The Balaban J connectivity index is 2.37. The summed E-state index contributed by atoms with van der Waals surface area (Å²) in [5.74, 6) is -0.425. The molecule has 7 heteroatoms. The van der Waals surface area contributed by atoms with E-state index in [1.54, 1.807) is 11.8 Å². The van der Waals surface area contributed by atoms with E-state index < -0.39 is 11.6 Å². The van der Waals surface area contributed by atoms with E-state index in [1.807, 2.05) is 38.5 Å². The van der Waals surface area contributed by atoms with E-state index in [9.17, 15) is 9.59 Å². The SMILES string of the molecule is C=CCCn1nc(C(=O)OCC)c2c1C(C)CN(C(=O)OC(C)(C)C)C2. The molecule has 1 aliphatic rings. The van der Waals surface area contributed by atoms with Crippen molar-refractivity contribution in [2.75, 3.05) is 13.2 Å². The number of amides is 1. The van der Waals surface area contributed by atoms with Crippen molar-refractivity contribution in [3.8, 4) is 0 Å². The Morgan fingerprint density at radius 3 is 2.65 bits per heavy atom. The summed E-state index contributed by atoms with van der Waals surface area (Å²) in [5.41, 5.74) is 1.44. The molecule has 0 N–H and O–H groups in total. The average molecular weight is 363 g/mol. The number of aryl methyl sites for hydroxylation is 1. The number of aromatic nitrogens is 2. The Morgan fingerprint density at radius 2 is 2.08 bits per heavy atom. The molecule has 2 heterocycles. The van der Waals surface area contributed by atoms with Gasteiger partial charge in [0.2, 0.25) is 0 Å². The van der Waals surface area contributed by atoms with Gasteiger partial charge in [0.15, 0.2) is 5.69 Å². The van der Waals surface area contributed by atoms with Crippen molar-refractivity contribution in [2.24, 2.45) is 0 Å². The maximum absolute atomic E-state index is 12.5. The lowest BCUT2D eigenvalue weighted by atomic mass is 9.96. The van der Waals surface area contributed by atoms with Gasteiger partial charge in [-0.25, -0.2) is 9.59 Å². The molecule has 0 fully saturated rings. The van der Waals surface area contributed by atoms with Crippen LogP contribution in [0.4, 0.5) is 4.79 Å². The van der Waals surface area contributed by atoms with Crippen molar-refractivity contribution in [3.05, 3.63) is 29.6 Å². The largest absolute Gasteiger partial charge is 0.461 e. The zero-order valence-electron chi connectivity index (χ0n) is 16.4. The maximum atomic E-state index is 12.5. The molecule has 7 nitrogen and oxygen atoms in total. The summed E-state index contributed by atoms with van der Waals surface area (Å²) in [7, 11) is 0. The highest BCUT2D eigenvalue weighted by Crippen LogP contribution is 2.32. The molecule has 0 aromatic carbocycles. The van der Waals surface area contributed by atoms with E-state index >= 15 is 0 Å². The van der Waals surface area contributed by atoms with E-state index in [-0.39, 0.29) is 30.9 Å². The summed E-state index contributed by atoms with van der Waals surface area (Å²) >= 11 is 0. The Kier molecular flexibility index (Phi) is 6.10. The van der Waals surface area contributed by atoms with Gasteiger partial charge in [-0.15, -0.1) is 6.58 Å². The number of rotatable bonds is 5. The normalized spacial score (nSPS) is 16.8. The molecular formula is C19H29N3O4. The minimum absolute atomic E-state index is 0.0340. The molecule has 2 rings (SSSR count). The number of hydrogen-bond acceptors (Lipinski definition) is 5. The molecule has 0 aliphatic carbocycles. The summed E-state index contributed by atoms with van der Waals surface area (Å²) in [4.78, 5) is 26.5. The van der Waals surface area contributed by atoms with Gasteiger partial charge < -0.3 is 14.4 Å². The Bertz CT molecular complexity index is 688. The van der Waals surface area contributed by atoms with Crippen molar-refractivity contribution in [2.45, 2.75) is 65.6 Å². The van der Waals surface area contributed by atoms with E-state index in [4.69, 9.17) is 9.47 Å². The van der Waals surface area contributed by atoms with Gasteiger partial charge in [-0.1, -0.05) is 13.0 Å². The number of fused-ring (bicyclic) bond motifs is 1. The highest BCUT2D eigenvalue weighted by atomic mass is 16.6. The van der Waals surface area contributed by atoms with Crippen LogP contribution in [0.3, 0.4) is 0 Å². The highest BCUT2D eigenvalue weighted by Gasteiger charge is 2.35. The van der Waals surface area contributed by atoms with E-state index in [1.165, 1.54) is 0 Å². The first-order valence-corrected chi connectivity index (χ1v) is 9.03. The van der Waals surface area contributed by atoms with Crippen LogP contribution in [0.2, 0.25) is 0 Å². The zero-order valence-corrected chi connectivity index (χ0v) is 16.4.